The van der Waals surface area contributed by atoms with Crippen LogP contribution in [0.4, 0.5) is 4.79 Å². The first kappa shape index (κ1) is 20.1. The van der Waals surface area contributed by atoms with Crippen molar-refractivity contribution in [3.05, 3.63) is 48.7 Å². The molecule has 1 aromatic heterocycles. The topological polar surface area (TPSA) is 109 Å². The van der Waals surface area contributed by atoms with Crippen LogP contribution in [0.25, 0.3) is 10.9 Å². The highest BCUT2D eigenvalue weighted by molar-refractivity contribution is 5.83. The molecule has 0 radical (unpaired) electrons. The summed E-state index contributed by atoms with van der Waals surface area (Å²) in [4.78, 5) is 15.6. The molecule has 5 atom stereocenters. The number of fused-ring (bicyclic) bond motifs is 4. The molecule has 3 unspecified atom stereocenters. The minimum Gasteiger partial charge on any atom is -0.497 e. The number of hydrogen-bond donors (Lipinski definition) is 3. The maximum atomic E-state index is 11.2. The molecule has 7 heteroatoms. The van der Waals surface area contributed by atoms with Gasteiger partial charge in [0.1, 0.15) is 5.75 Å². The van der Waals surface area contributed by atoms with Gasteiger partial charge in [0.25, 0.3) is 0 Å². The summed E-state index contributed by atoms with van der Waals surface area (Å²) in [6.07, 6.45) is 4.29. The van der Waals surface area contributed by atoms with Gasteiger partial charge in [0.2, 0.25) is 0 Å². The molecule has 1 amide bonds. The van der Waals surface area contributed by atoms with E-state index in [0.717, 1.165) is 41.7 Å². The van der Waals surface area contributed by atoms with E-state index in [4.69, 9.17) is 14.6 Å². The Morgan fingerprint density at radius 3 is 2.82 bits per heavy atom. The standard InChI is InChI=1S/C20H24N2O2.CH3NO2/c1-3-13-12-22-9-7-14(13)10-19(22)20(23)16-6-8-21-18-5-4-15(24-2)11-17(16)18;2-1(3)4/h3-6,8,11,13-14,19-20,23H,1,7,9-10,12H2,2H3;2H2,(H,3,4)/t13-,14?,19-,20?;/m1./s1. The van der Waals surface area contributed by atoms with Crippen molar-refractivity contribution in [1.29, 1.82) is 0 Å². The molecule has 5 rings (SSSR count). The Morgan fingerprint density at radius 2 is 2.21 bits per heavy atom. The van der Waals surface area contributed by atoms with E-state index in [1.54, 1.807) is 13.3 Å². The van der Waals surface area contributed by atoms with Crippen molar-refractivity contribution in [2.24, 2.45) is 17.6 Å². The fraction of sp³-hybridized carbons (Fsp3) is 0.429. The van der Waals surface area contributed by atoms with Crippen LogP contribution in [0.2, 0.25) is 0 Å². The van der Waals surface area contributed by atoms with Crippen molar-refractivity contribution in [3.8, 4) is 5.75 Å². The highest BCUT2D eigenvalue weighted by Gasteiger charge is 2.42. The van der Waals surface area contributed by atoms with Crippen LogP contribution in [0, 0.1) is 11.8 Å². The summed E-state index contributed by atoms with van der Waals surface area (Å²) in [6.45, 7) is 6.07. The number of hydrogen-bond acceptors (Lipinski definition) is 5. The Morgan fingerprint density at radius 1 is 1.46 bits per heavy atom. The molecule has 0 saturated carbocycles. The molecule has 2 aromatic rings. The van der Waals surface area contributed by atoms with Crippen LogP contribution in [0.15, 0.2) is 43.1 Å². The average Bonchev–Trinajstić information content (AvgIpc) is 2.72. The van der Waals surface area contributed by atoms with E-state index in [1.165, 1.54) is 6.42 Å². The lowest BCUT2D eigenvalue weighted by Crippen LogP contribution is -2.54. The maximum absolute atomic E-state index is 11.2. The van der Waals surface area contributed by atoms with Crippen LogP contribution in [0.1, 0.15) is 24.5 Å². The summed E-state index contributed by atoms with van der Waals surface area (Å²) in [5.41, 5.74) is 5.87. The predicted octanol–water partition coefficient (Wildman–Crippen LogP) is 2.80. The number of pyridine rings is 1. The third kappa shape index (κ3) is 4.10. The van der Waals surface area contributed by atoms with Gasteiger partial charge in [-0.05, 0) is 61.1 Å². The molecule has 3 fully saturated rings. The van der Waals surface area contributed by atoms with E-state index in [9.17, 15) is 5.11 Å². The SMILES string of the molecule is C=C[C@@H]1CN2CCC1C[C@@H]2C(O)c1ccnc2ccc(OC)cc12.NC(=O)O. The molecule has 0 aliphatic carbocycles. The third-order valence-electron chi connectivity index (χ3n) is 5.82. The summed E-state index contributed by atoms with van der Waals surface area (Å²) in [7, 11) is 1.66. The number of carboxylic acid groups (broad SMARTS) is 1. The number of aromatic nitrogens is 1. The maximum Gasteiger partial charge on any atom is 0.402 e. The summed E-state index contributed by atoms with van der Waals surface area (Å²) in [5.74, 6) is 2.01. The van der Waals surface area contributed by atoms with Gasteiger partial charge in [-0.1, -0.05) is 6.08 Å². The smallest absolute Gasteiger partial charge is 0.402 e. The van der Waals surface area contributed by atoms with Gasteiger partial charge in [-0.25, -0.2) is 4.79 Å². The number of piperidine rings is 3. The van der Waals surface area contributed by atoms with Crippen molar-refractivity contribution >= 4 is 17.0 Å². The number of ether oxygens (including phenoxy) is 1. The molecule has 3 aliphatic rings. The Balaban J connectivity index is 0.000000516. The predicted molar refractivity (Wildman–Crippen MR) is 107 cm³/mol. The Hall–Kier alpha value is -2.64. The monoisotopic (exact) mass is 385 g/mol. The second-order valence-electron chi connectivity index (χ2n) is 7.31. The number of nitrogens with two attached hydrogens (primary N) is 1. The molecule has 4 N–H and O–H groups in total. The molecule has 7 nitrogen and oxygen atoms in total. The first-order chi connectivity index (χ1) is 13.4. The zero-order chi connectivity index (χ0) is 20.3. The number of nitrogens with zero attached hydrogens (tertiary/aromatic N) is 2. The number of carbonyl (C=O) groups is 1. The molecule has 0 spiro atoms. The van der Waals surface area contributed by atoms with Gasteiger partial charge in [-0.15, -0.1) is 6.58 Å². The Labute approximate surface area is 164 Å². The lowest BCUT2D eigenvalue weighted by atomic mass is 9.73. The first-order valence-corrected chi connectivity index (χ1v) is 9.40. The number of aliphatic hydroxyl groups is 1. The number of benzene rings is 1. The normalized spacial score (nSPS) is 26.8. The van der Waals surface area contributed by atoms with Gasteiger partial charge >= 0.3 is 6.09 Å². The molecule has 3 saturated heterocycles. The first-order valence-electron chi connectivity index (χ1n) is 9.40. The molecular formula is C21H27N3O4. The molecule has 2 bridgehead atoms. The summed E-state index contributed by atoms with van der Waals surface area (Å²) >= 11 is 0. The van der Waals surface area contributed by atoms with Crippen LogP contribution in [-0.2, 0) is 0 Å². The number of amides is 1. The van der Waals surface area contributed by atoms with Crippen molar-refractivity contribution in [1.82, 2.24) is 9.88 Å². The zero-order valence-electron chi connectivity index (χ0n) is 16.0. The average molecular weight is 385 g/mol. The fourth-order valence-electron chi connectivity index (χ4n) is 4.44. The Bertz CT molecular complexity index is 853. The number of methoxy groups -OCH3 is 1. The van der Waals surface area contributed by atoms with Gasteiger partial charge in [0.05, 0.1) is 18.7 Å². The van der Waals surface area contributed by atoms with Crippen molar-refractivity contribution < 1.29 is 19.7 Å². The minimum atomic E-state index is -1.33. The molecule has 3 aliphatic heterocycles. The number of primary amides is 1. The van der Waals surface area contributed by atoms with Crippen LogP contribution in [0.3, 0.4) is 0 Å². The third-order valence-corrected chi connectivity index (χ3v) is 5.82. The van der Waals surface area contributed by atoms with E-state index in [2.05, 4.69) is 28.3 Å². The molecular weight excluding hydrogens is 358 g/mol. The molecule has 28 heavy (non-hydrogen) atoms. The lowest BCUT2D eigenvalue weighted by Gasteiger charge is -2.50. The van der Waals surface area contributed by atoms with Crippen LogP contribution in [-0.4, -0.2) is 52.4 Å². The highest BCUT2D eigenvalue weighted by atomic mass is 16.5. The second kappa shape index (κ2) is 8.58. The van der Waals surface area contributed by atoms with Crippen LogP contribution < -0.4 is 10.5 Å². The van der Waals surface area contributed by atoms with Gasteiger partial charge < -0.3 is 20.7 Å². The zero-order valence-corrected chi connectivity index (χ0v) is 16.0. The van der Waals surface area contributed by atoms with Gasteiger partial charge in [-0.2, -0.15) is 0 Å². The van der Waals surface area contributed by atoms with Crippen molar-refractivity contribution in [2.75, 3.05) is 20.2 Å². The molecule has 150 valence electrons. The van der Waals surface area contributed by atoms with E-state index in [1.807, 2.05) is 24.3 Å². The Kier molecular flexibility index (Phi) is 6.16. The highest BCUT2D eigenvalue weighted by Crippen LogP contribution is 2.42. The largest absolute Gasteiger partial charge is 0.497 e. The number of rotatable bonds is 4. The number of aliphatic hydroxyl groups excluding tert-OH is 1. The van der Waals surface area contributed by atoms with E-state index in [-0.39, 0.29) is 6.04 Å². The van der Waals surface area contributed by atoms with Crippen molar-refractivity contribution in [3.63, 3.8) is 0 Å². The van der Waals surface area contributed by atoms with Crippen LogP contribution >= 0.6 is 0 Å². The van der Waals surface area contributed by atoms with E-state index >= 15 is 0 Å². The van der Waals surface area contributed by atoms with Gasteiger partial charge in [0, 0.05) is 24.2 Å². The quantitative estimate of drug-likeness (QED) is 0.698. The summed E-state index contributed by atoms with van der Waals surface area (Å²) in [5, 5.41) is 19.3. The minimum absolute atomic E-state index is 0.178. The van der Waals surface area contributed by atoms with Crippen molar-refractivity contribution in [2.45, 2.75) is 25.0 Å². The second-order valence-corrected chi connectivity index (χ2v) is 7.31. The van der Waals surface area contributed by atoms with E-state index in [0.29, 0.717) is 11.8 Å². The molecule has 1 aromatic carbocycles. The summed E-state index contributed by atoms with van der Waals surface area (Å²) < 4.78 is 5.35. The fourth-order valence-corrected chi connectivity index (χ4v) is 4.44. The molecule has 4 heterocycles. The van der Waals surface area contributed by atoms with Gasteiger partial charge in [0.15, 0.2) is 0 Å². The summed E-state index contributed by atoms with van der Waals surface area (Å²) in [6, 6.07) is 7.96. The van der Waals surface area contributed by atoms with Crippen LogP contribution in [0.5, 0.6) is 5.75 Å². The van der Waals surface area contributed by atoms with Gasteiger partial charge in [-0.3, -0.25) is 9.88 Å². The lowest BCUT2D eigenvalue weighted by molar-refractivity contribution is -0.0444. The van der Waals surface area contributed by atoms with E-state index < -0.39 is 12.2 Å².